The second-order valence-corrected chi connectivity index (χ2v) is 14.3. The Hall–Kier alpha value is -0.160. The van der Waals surface area contributed by atoms with Crippen LogP contribution in [0.3, 0.4) is 0 Å². The minimum Gasteiger partial charge on any atom is -0.394 e. The van der Waals surface area contributed by atoms with Crippen LogP contribution in [0.5, 0.6) is 0 Å². The van der Waals surface area contributed by atoms with E-state index < -0.39 is 11.2 Å². The topological polar surface area (TPSA) is 58.9 Å². The van der Waals surface area contributed by atoms with Crippen LogP contribution in [0.2, 0.25) is 0 Å². The Kier molecular flexibility index (Phi) is 8.11. The summed E-state index contributed by atoms with van der Waals surface area (Å²) in [4.78, 5) is 0. The summed E-state index contributed by atoms with van der Waals surface area (Å²) in [5, 5.41) is 21.9. The van der Waals surface area contributed by atoms with Crippen molar-refractivity contribution in [2.24, 2.45) is 46.3 Å². The van der Waals surface area contributed by atoms with Gasteiger partial charge in [0.25, 0.3) is 0 Å². The molecule has 2 N–H and O–H groups in total. The van der Waals surface area contributed by atoms with Crippen molar-refractivity contribution < 1.29 is 19.7 Å². The molecule has 0 spiro atoms. The van der Waals surface area contributed by atoms with Crippen LogP contribution in [0.15, 0.2) is 0 Å². The van der Waals surface area contributed by atoms with Crippen molar-refractivity contribution in [3.05, 3.63) is 0 Å². The maximum atomic E-state index is 12.1. The number of aliphatic hydroxyl groups excluding tert-OH is 1. The Balaban J connectivity index is 1.62. The lowest BCUT2D eigenvalue weighted by atomic mass is 9.54. The van der Waals surface area contributed by atoms with Gasteiger partial charge in [-0.3, -0.25) is 0 Å². The first-order valence-electron chi connectivity index (χ1n) is 15.0. The number of hydrogen-bond donors (Lipinski definition) is 2. The van der Waals surface area contributed by atoms with Crippen molar-refractivity contribution in [3.8, 4) is 0 Å². The van der Waals surface area contributed by atoms with Crippen LogP contribution in [-0.2, 0) is 9.47 Å². The minimum atomic E-state index is -0.968. The van der Waals surface area contributed by atoms with Gasteiger partial charge in [-0.15, -0.1) is 0 Å². The maximum Gasteiger partial charge on any atom is 0.103 e. The van der Waals surface area contributed by atoms with E-state index in [1.54, 1.807) is 7.11 Å². The molecular weight excluding hydrogens is 436 g/mol. The van der Waals surface area contributed by atoms with Crippen molar-refractivity contribution in [2.45, 2.75) is 129 Å². The van der Waals surface area contributed by atoms with Crippen LogP contribution in [0.4, 0.5) is 0 Å². The van der Waals surface area contributed by atoms with Crippen LogP contribution in [0.25, 0.3) is 0 Å². The third-order valence-electron chi connectivity index (χ3n) is 12.2. The van der Waals surface area contributed by atoms with Gasteiger partial charge in [0.2, 0.25) is 0 Å². The molecule has 4 saturated carbocycles. The Labute approximate surface area is 215 Å². The van der Waals surface area contributed by atoms with Gasteiger partial charge in [-0.1, -0.05) is 53.9 Å². The predicted molar refractivity (Wildman–Crippen MR) is 142 cm³/mol. The summed E-state index contributed by atoms with van der Waals surface area (Å²) in [6, 6.07) is 0. The third-order valence-corrected chi connectivity index (χ3v) is 12.2. The molecule has 0 unspecified atom stereocenters. The molecule has 10 atom stereocenters. The van der Waals surface area contributed by atoms with Gasteiger partial charge < -0.3 is 19.7 Å². The van der Waals surface area contributed by atoms with E-state index in [9.17, 15) is 10.2 Å². The van der Waals surface area contributed by atoms with Crippen LogP contribution in [-0.4, -0.2) is 47.8 Å². The van der Waals surface area contributed by atoms with Gasteiger partial charge in [0.15, 0.2) is 0 Å². The average molecular weight is 493 g/mol. The second kappa shape index (κ2) is 10.2. The van der Waals surface area contributed by atoms with Crippen molar-refractivity contribution in [2.75, 3.05) is 20.3 Å². The summed E-state index contributed by atoms with van der Waals surface area (Å²) in [6.45, 7) is 14.6. The molecule has 4 heteroatoms. The molecule has 4 fully saturated rings. The molecule has 35 heavy (non-hydrogen) atoms. The molecule has 0 bridgehead atoms. The zero-order valence-electron chi connectivity index (χ0n) is 23.9. The van der Waals surface area contributed by atoms with E-state index in [1.165, 1.54) is 44.9 Å². The molecule has 0 amide bonds. The zero-order chi connectivity index (χ0) is 25.6. The van der Waals surface area contributed by atoms with E-state index in [0.29, 0.717) is 30.3 Å². The summed E-state index contributed by atoms with van der Waals surface area (Å²) in [5.41, 5.74) is -1.26. The lowest BCUT2D eigenvalue weighted by Gasteiger charge is -2.54. The third kappa shape index (κ3) is 4.45. The maximum absolute atomic E-state index is 12.1. The molecule has 0 aromatic rings. The summed E-state index contributed by atoms with van der Waals surface area (Å²) < 4.78 is 12.5. The van der Waals surface area contributed by atoms with Gasteiger partial charge >= 0.3 is 0 Å². The molecule has 0 aliphatic heterocycles. The normalized spacial score (nSPS) is 48.3. The lowest BCUT2D eigenvalue weighted by molar-refractivity contribution is -0.232. The number of fused-ring (bicyclic) bond motifs is 5. The molecule has 0 aromatic carbocycles. The fourth-order valence-electron chi connectivity index (χ4n) is 10.4. The average Bonchev–Trinajstić information content (AvgIpc) is 3.25. The number of rotatable bonds is 9. The molecule has 4 aliphatic carbocycles. The van der Waals surface area contributed by atoms with Crippen LogP contribution in [0.1, 0.15) is 112 Å². The van der Waals surface area contributed by atoms with Crippen LogP contribution in [0, 0.1) is 46.3 Å². The fraction of sp³-hybridized carbons (Fsp3) is 1.00. The van der Waals surface area contributed by atoms with E-state index in [2.05, 4.69) is 34.6 Å². The van der Waals surface area contributed by atoms with Gasteiger partial charge in [-0.25, -0.2) is 0 Å². The van der Waals surface area contributed by atoms with E-state index in [4.69, 9.17) is 9.47 Å². The SMILES string of the molecule is CO[C@H]1CC[C@]2(C)[C@H]3CC[C@]4(C)[C@@H]([C@H](C)CCCC(C)C)CC[C@H]4[C@@H]3C[C@]2(OCCO)[C@@](C)(O)C1. The summed E-state index contributed by atoms with van der Waals surface area (Å²) in [5.74, 6) is 4.34. The quantitative estimate of drug-likeness (QED) is 0.380. The number of hydrogen-bond acceptors (Lipinski definition) is 4. The molecule has 4 aliphatic rings. The smallest absolute Gasteiger partial charge is 0.103 e. The molecule has 0 saturated heterocycles. The summed E-state index contributed by atoms with van der Waals surface area (Å²) in [6.07, 6.45) is 13.0. The first-order valence-corrected chi connectivity index (χ1v) is 15.0. The van der Waals surface area contributed by atoms with E-state index >= 15 is 0 Å². The second-order valence-electron chi connectivity index (χ2n) is 14.3. The highest BCUT2D eigenvalue weighted by molar-refractivity contribution is 5.22. The molecule has 4 nitrogen and oxygen atoms in total. The highest BCUT2D eigenvalue weighted by atomic mass is 16.5. The van der Waals surface area contributed by atoms with E-state index in [0.717, 1.165) is 42.9 Å². The largest absolute Gasteiger partial charge is 0.394 e. The van der Waals surface area contributed by atoms with Gasteiger partial charge in [0.05, 0.1) is 24.9 Å². The molecular formula is C31H56O4. The van der Waals surface area contributed by atoms with Crippen molar-refractivity contribution in [1.29, 1.82) is 0 Å². The van der Waals surface area contributed by atoms with Gasteiger partial charge in [-0.05, 0) is 92.8 Å². The van der Waals surface area contributed by atoms with Gasteiger partial charge in [0.1, 0.15) is 5.60 Å². The first-order chi connectivity index (χ1) is 16.5. The highest BCUT2D eigenvalue weighted by Crippen LogP contribution is 2.73. The standard InChI is InChI=1S/C31H56O4/c1-21(2)9-8-10-22(3)25-11-12-26-24-20-31(35-18-17-32)29(5,27(24)14-15-28(25,26)4)16-13-23(34-7)19-30(31,6)33/h21-27,32-33H,8-20H2,1-7H3/t22-,23+,24+,25-,26+,27+,28-,29-,30+,31-/m1/s1. The molecule has 4 rings (SSSR count). The molecule has 0 aromatic heterocycles. The Morgan fingerprint density at radius 3 is 2.31 bits per heavy atom. The molecule has 0 radical (unpaired) electrons. The summed E-state index contributed by atoms with van der Waals surface area (Å²) >= 11 is 0. The molecule has 204 valence electrons. The van der Waals surface area contributed by atoms with E-state index in [1.807, 2.05) is 6.92 Å². The summed E-state index contributed by atoms with van der Waals surface area (Å²) in [7, 11) is 1.78. The predicted octanol–water partition coefficient (Wildman–Crippen LogP) is 6.62. The van der Waals surface area contributed by atoms with Gasteiger partial charge in [-0.2, -0.15) is 0 Å². The Bertz CT molecular complexity index is 721. The van der Waals surface area contributed by atoms with Gasteiger partial charge in [0, 0.05) is 18.9 Å². The Morgan fingerprint density at radius 1 is 0.914 bits per heavy atom. The van der Waals surface area contributed by atoms with Crippen molar-refractivity contribution in [3.63, 3.8) is 0 Å². The number of methoxy groups -OCH3 is 1. The minimum absolute atomic E-state index is 0.00800. The van der Waals surface area contributed by atoms with Crippen molar-refractivity contribution >= 4 is 0 Å². The fourth-order valence-corrected chi connectivity index (χ4v) is 10.4. The highest BCUT2D eigenvalue weighted by Gasteiger charge is 2.73. The molecule has 0 heterocycles. The van der Waals surface area contributed by atoms with Crippen molar-refractivity contribution in [1.82, 2.24) is 0 Å². The lowest BCUT2D eigenvalue weighted by Crippen LogP contribution is -2.61. The Morgan fingerprint density at radius 2 is 1.66 bits per heavy atom. The first kappa shape index (κ1) is 27.9. The van der Waals surface area contributed by atoms with Crippen LogP contribution >= 0.6 is 0 Å². The number of aliphatic hydroxyl groups is 2. The van der Waals surface area contributed by atoms with Crippen LogP contribution < -0.4 is 0 Å². The monoisotopic (exact) mass is 492 g/mol. The van der Waals surface area contributed by atoms with E-state index in [-0.39, 0.29) is 18.1 Å². The zero-order valence-corrected chi connectivity index (χ0v) is 23.9. The number of ether oxygens (including phenoxy) is 2.